The van der Waals surface area contributed by atoms with Gasteiger partial charge in [-0.2, -0.15) is 0 Å². The Bertz CT molecular complexity index is 1690. The molecular formula is C33H31F2N3O5S2. The number of thioether (sulfide) groups is 1. The number of carbonyl (C=O) groups is 2. The Hall–Kier alpha value is -4.29. The summed E-state index contributed by atoms with van der Waals surface area (Å²) in [7, 11) is 0. The maximum Gasteiger partial charge on any atom is 0.301 e. The van der Waals surface area contributed by atoms with Crippen molar-refractivity contribution in [3.63, 3.8) is 0 Å². The lowest BCUT2D eigenvalue weighted by Crippen LogP contribution is -2.29. The van der Waals surface area contributed by atoms with Crippen molar-refractivity contribution in [3.05, 3.63) is 101 Å². The molecule has 1 fully saturated rings. The average Bonchev–Trinajstić information content (AvgIpc) is 3.61. The Morgan fingerprint density at radius 1 is 0.933 bits per heavy atom. The van der Waals surface area contributed by atoms with Crippen LogP contribution in [-0.2, 0) is 15.3 Å². The average molecular weight is 652 g/mol. The molecule has 0 aliphatic carbocycles. The number of ketones is 1. The van der Waals surface area contributed by atoms with Crippen molar-refractivity contribution in [2.75, 3.05) is 18.1 Å². The number of aliphatic hydroxyl groups excluding tert-OH is 1. The lowest BCUT2D eigenvalue weighted by Gasteiger charge is -2.23. The van der Waals surface area contributed by atoms with E-state index in [4.69, 9.17) is 9.47 Å². The van der Waals surface area contributed by atoms with Crippen LogP contribution in [0.5, 0.6) is 11.5 Å². The first-order valence-corrected chi connectivity index (χ1v) is 16.3. The zero-order valence-corrected chi connectivity index (χ0v) is 26.3. The lowest BCUT2D eigenvalue weighted by molar-refractivity contribution is -0.132. The molecule has 1 unspecified atom stereocenters. The fraction of sp³-hybridized carbons (Fsp3) is 0.273. The minimum atomic E-state index is -1.09. The topological polar surface area (TPSA) is 102 Å². The third-order valence-corrected chi connectivity index (χ3v) is 9.16. The third-order valence-electron chi connectivity index (χ3n) is 7.03. The molecule has 1 amide bonds. The van der Waals surface area contributed by atoms with Crippen LogP contribution < -0.4 is 14.4 Å². The molecule has 1 atom stereocenters. The fourth-order valence-corrected chi connectivity index (χ4v) is 6.63. The molecule has 234 valence electrons. The fourth-order valence-electron chi connectivity index (χ4n) is 4.81. The molecule has 3 aromatic carbocycles. The number of amides is 1. The molecule has 1 saturated heterocycles. The van der Waals surface area contributed by atoms with E-state index in [0.717, 1.165) is 48.3 Å². The number of carbonyl (C=O) groups excluding carboxylic acids is 2. The molecule has 0 spiro atoms. The van der Waals surface area contributed by atoms with Gasteiger partial charge < -0.3 is 14.6 Å². The summed E-state index contributed by atoms with van der Waals surface area (Å²) in [5.41, 5.74) is 1.34. The Kier molecular flexibility index (Phi) is 10.5. The largest absolute Gasteiger partial charge is 0.507 e. The van der Waals surface area contributed by atoms with E-state index in [9.17, 15) is 23.5 Å². The normalized spacial score (nSPS) is 15.9. The Balaban J connectivity index is 1.54. The predicted octanol–water partition coefficient (Wildman–Crippen LogP) is 7.70. The monoisotopic (exact) mass is 651 g/mol. The second kappa shape index (κ2) is 14.7. The van der Waals surface area contributed by atoms with Gasteiger partial charge in [0.2, 0.25) is 5.13 Å². The zero-order chi connectivity index (χ0) is 31.9. The van der Waals surface area contributed by atoms with Crippen molar-refractivity contribution in [3.8, 4) is 11.5 Å². The van der Waals surface area contributed by atoms with Crippen LogP contribution in [0, 0.1) is 11.6 Å². The minimum absolute atomic E-state index is 0.153. The SMILES string of the molecule is CCCCCOc1ccc(C2/C(=C(\O)c3ccc(F)cc3)C(=O)C(=O)N2c2nnc(SCc3ccc(F)cc3)s2)cc1OCC. The highest BCUT2D eigenvalue weighted by molar-refractivity contribution is 8.00. The molecule has 5 rings (SSSR count). The van der Waals surface area contributed by atoms with E-state index < -0.39 is 29.3 Å². The Morgan fingerprint density at radius 3 is 2.33 bits per heavy atom. The van der Waals surface area contributed by atoms with E-state index in [0.29, 0.717) is 40.4 Å². The van der Waals surface area contributed by atoms with Crippen LogP contribution in [0.2, 0.25) is 0 Å². The van der Waals surface area contributed by atoms with Crippen molar-refractivity contribution in [1.82, 2.24) is 10.2 Å². The summed E-state index contributed by atoms with van der Waals surface area (Å²) in [4.78, 5) is 28.4. The van der Waals surface area contributed by atoms with Gasteiger partial charge in [-0.15, -0.1) is 10.2 Å². The second-order valence-electron chi connectivity index (χ2n) is 10.1. The first kappa shape index (κ1) is 32.1. The van der Waals surface area contributed by atoms with E-state index in [1.54, 1.807) is 30.3 Å². The highest BCUT2D eigenvalue weighted by atomic mass is 32.2. The number of ether oxygens (including phenoxy) is 2. The van der Waals surface area contributed by atoms with Gasteiger partial charge in [0.25, 0.3) is 5.78 Å². The number of anilines is 1. The van der Waals surface area contributed by atoms with Crippen molar-refractivity contribution in [1.29, 1.82) is 0 Å². The molecule has 1 aliphatic rings. The number of rotatable bonds is 13. The number of unbranched alkanes of at least 4 members (excludes halogenated alkanes) is 2. The van der Waals surface area contributed by atoms with Crippen LogP contribution in [0.1, 0.15) is 55.8 Å². The number of hydrogen-bond donors (Lipinski definition) is 1. The third kappa shape index (κ3) is 7.34. The molecule has 2 heterocycles. The molecular weight excluding hydrogens is 621 g/mol. The molecule has 45 heavy (non-hydrogen) atoms. The van der Waals surface area contributed by atoms with Crippen LogP contribution >= 0.6 is 23.1 Å². The molecule has 0 bridgehead atoms. The summed E-state index contributed by atoms with van der Waals surface area (Å²) in [6, 6.07) is 15.1. The van der Waals surface area contributed by atoms with Crippen LogP contribution in [-0.4, -0.2) is 40.2 Å². The summed E-state index contributed by atoms with van der Waals surface area (Å²) in [6.07, 6.45) is 2.94. The predicted molar refractivity (Wildman–Crippen MR) is 170 cm³/mol. The van der Waals surface area contributed by atoms with E-state index in [2.05, 4.69) is 17.1 Å². The first-order valence-electron chi connectivity index (χ1n) is 14.5. The maximum absolute atomic E-state index is 13.7. The molecule has 8 nitrogen and oxygen atoms in total. The number of halogens is 2. The van der Waals surface area contributed by atoms with Crippen molar-refractivity contribution in [2.45, 2.75) is 49.2 Å². The van der Waals surface area contributed by atoms with Gasteiger partial charge in [-0.25, -0.2) is 8.78 Å². The molecule has 0 radical (unpaired) electrons. The van der Waals surface area contributed by atoms with Gasteiger partial charge in [-0.1, -0.05) is 61.1 Å². The molecule has 4 aromatic rings. The van der Waals surface area contributed by atoms with Gasteiger partial charge in [0.15, 0.2) is 15.8 Å². The first-order chi connectivity index (χ1) is 21.8. The highest BCUT2D eigenvalue weighted by Gasteiger charge is 2.48. The summed E-state index contributed by atoms with van der Waals surface area (Å²) in [5.74, 6) is -1.69. The standard InChI is InChI=1S/C33H31F2N3O5S2/c1-3-5-6-17-43-25-16-11-22(18-26(25)42-4-2)28-27(29(39)21-9-14-24(35)15-10-21)30(40)31(41)38(28)32-36-37-33(45-32)44-19-20-7-12-23(34)13-8-20/h7-16,18,28,39H,3-6,17,19H2,1-2H3/b29-27+. The number of aliphatic hydroxyl groups is 1. The summed E-state index contributed by atoms with van der Waals surface area (Å²) >= 11 is 2.46. The number of aromatic nitrogens is 2. The van der Waals surface area contributed by atoms with E-state index in [1.807, 2.05) is 6.92 Å². The Morgan fingerprint density at radius 2 is 1.64 bits per heavy atom. The van der Waals surface area contributed by atoms with Gasteiger partial charge in [-0.3, -0.25) is 14.5 Å². The molecule has 1 N–H and O–H groups in total. The number of Topliss-reactive ketones (excluding diaryl/α,β-unsaturated/α-hetero) is 1. The quantitative estimate of drug-likeness (QED) is 0.0392. The van der Waals surface area contributed by atoms with E-state index >= 15 is 0 Å². The zero-order valence-electron chi connectivity index (χ0n) is 24.7. The Labute approximate surface area is 267 Å². The van der Waals surface area contributed by atoms with Gasteiger partial charge >= 0.3 is 5.91 Å². The van der Waals surface area contributed by atoms with E-state index in [-0.39, 0.29) is 22.1 Å². The minimum Gasteiger partial charge on any atom is -0.507 e. The second-order valence-corrected chi connectivity index (χ2v) is 12.3. The molecule has 12 heteroatoms. The summed E-state index contributed by atoms with van der Waals surface area (Å²) in [5, 5.41) is 20.0. The van der Waals surface area contributed by atoms with Crippen molar-refractivity contribution >= 4 is 45.7 Å². The number of benzene rings is 3. The molecule has 1 aliphatic heterocycles. The summed E-state index contributed by atoms with van der Waals surface area (Å²) < 4.78 is 39.4. The van der Waals surface area contributed by atoms with Gasteiger partial charge in [0.05, 0.1) is 24.8 Å². The number of nitrogens with zero attached hydrogens (tertiary/aromatic N) is 3. The van der Waals surface area contributed by atoms with Crippen LogP contribution in [0.25, 0.3) is 5.76 Å². The lowest BCUT2D eigenvalue weighted by atomic mass is 9.95. The molecule has 1 aromatic heterocycles. The number of hydrogen-bond acceptors (Lipinski definition) is 9. The van der Waals surface area contributed by atoms with Gasteiger partial charge in [-0.05, 0) is 73.0 Å². The van der Waals surface area contributed by atoms with E-state index in [1.165, 1.54) is 40.9 Å². The van der Waals surface area contributed by atoms with Gasteiger partial charge in [0, 0.05) is 11.3 Å². The van der Waals surface area contributed by atoms with Crippen molar-refractivity contribution in [2.24, 2.45) is 0 Å². The van der Waals surface area contributed by atoms with Crippen molar-refractivity contribution < 1.29 is 33.0 Å². The van der Waals surface area contributed by atoms with Gasteiger partial charge in [0.1, 0.15) is 17.4 Å². The molecule has 0 saturated carbocycles. The summed E-state index contributed by atoms with van der Waals surface area (Å²) in [6.45, 7) is 4.78. The maximum atomic E-state index is 13.7. The van der Waals surface area contributed by atoms with Crippen LogP contribution in [0.3, 0.4) is 0 Å². The van der Waals surface area contributed by atoms with Crippen LogP contribution in [0.4, 0.5) is 13.9 Å². The smallest absolute Gasteiger partial charge is 0.301 e. The van der Waals surface area contributed by atoms with Crippen LogP contribution in [0.15, 0.2) is 76.6 Å². The highest BCUT2D eigenvalue weighted by Crippen LogP contribution is 2.45.